The molecule has 0 aliphatic rings. The van der Waals surface area contributed by atoms with E-state index in [-0.39, 0.29) is 0 Å². The van der Waals surface area contributed by atoms with E-state index in [4.69, 9.17) is 9.47 Å². The zero-order valence-corrected chi connectivity index (χ0v) is 16.8. The minimum atomic E-state index is -0.929. The molecule has 1 N–H and O–H groups in total. The lowest BCUT2D eigenvalue weighted by atomic mass is 10.1. The fourth-order valence-corrected chi connectivity index (χ4v) is 3.26. The van der Waals surface area contributed by atoms with Crippen molar-refractivity contribution in [3.63, 3.8) is 0 Å². The molecular weight excluding hydrogens is 402 g/mol. The molecule has 7 heteroatoms. The summed E-state index contributed by atoms with van der Waals surface area (Å²) in [5.74, 6) is -1.45. The van der Waals surface area contributed by atoms with Crippen LogP contribution in [0.4, 0.5) is 14.5 Å². The standard InChI is InChI=1S/C24H18F2N2O3/c1-30-16-9-6-14(7-10-16)21-13-22(31-2)17-12-15(8-11-20(17)28-21)27-24(29)23-18(25)4-3-5-19(23)26/h3-13H,1-2H3,(H,27,29). The van der Waals surface area contributed by atoms with E-state index < -0.39 is 23.1 Å². The zero-order valence-electron chi connectivity index (χ0n) is 16.8. The van der Waals surface area contributed by atoms with E-state index in [2.05, 4.69) is 10.3 Å². The Kier molecular flexibility index (Phi) is 5.49. The molecule has 0 spiro atoms. The maximum Gasteiger partial charge on any atom is 0.261 e. The smallest absolute Gasteiger partial charge is 0.261 e. The summed E-state index contributed by atoms with van der Waals surface area (Å²) >= 11 is 0. The first-order chi connectivity index (χ1) is 15.0. The number of methoxy groups -OCH3 is 2. The number of aromatic nitrogens is 1. The van der Waals surface area contributed by atoms with Crippen LogP contribution in [0.5, 0.6) is 11.5 Å². The van der Waals surface area contributed by atoms with Crippen LogP contribution in [-0.4, -0.2) is 25.1 Å². The maximum atomic E-state index is 13.9. The summed E-state index contributed by atoms with van der Waals surface area (Å²) in [6.45, 7) is 0. The summed E-state index contributed by atoms with van der Waals surface area (Å²) in [5.41, 5.74) is 1.95. The minimum Gasteiger partial charge on any atom is -0.497 e. The lowest BCUT2D eigenvalue weighted by Crippen LogP contribution is -2.15. The van der Waals surface area contributed by atoms with Gasteiger partial charge in [-0.15, -0.1) is 0 Å². The number of hydrogen-bond donors (Lipinski definition) is 1. The van der Waals surface area contributed by atoms with Gasteiger partial charge in [-0.2, -0.15) is 0 Å². The second kappa shape index (κ2) is 8.39. The Morgan fingerprint density at radius 3 is 2.26 bits per heavy atom. The van der Waals surface area contributed by atoms with Crippen molar-refractivity contribution in [1.29, 1.82) is 0 Å². The number of hydrogen-bond acceptors (Lipinski definition) is 4. The van der Waals surface area contributed by atoms with E-state index in [9.17, 15) is 13.6 Å². The molecule has 0 radical (unpaired) electrons. The summed E-state index contributed by atoms with van der Waals surface area (Å²) in [6.07, 6.45) is 0. The van der Waals surface area contributed by atoms with Crippen LogP contribution in [0.15, 0.2) is 66.7 Å². The van der Waals surface area contributed by atoms with Crippen LogP contribution < -0.4 is 14.8 Å². The second-order valence-electron chi connectivity index (χ2n) is 6.72. The summed E-state index contributed by atoms with van der Waals surface area (Å²) < 4.78 is 38.5. The van der Waals surface area contributed by atoms with Gasteiger partial charge in [0.25, 0.3) is 5.91 Å². The van der Waals surface area contributed by atoms with Gasteiger partial charge >= 0.3 is 0 Å². The number of benzene rings is 3. The maximum absolute atomic E-state index is 13.9. The summed E-state index contributed by atoms with van der Waals surface area (Å²) in [5, 5.41) is 3.17. The van der Waals surface area contributed by atoms with Crippen molar-refractivity contribution in [1.82, 2.24) is 4.98 Å². The number of fused-ring (bicyclic) bond motifs is 1. The summed E-state index contributed by atoms with van der Waals surface area (Å²) in [4.78, 5) is 17.1. The van der Waals surface area contributed by atoms with Gasteiger partial charge < -0.3 is 14.8 Å². The van der Waals surface area contributed by atoms with Gasteiger partial charge in [0, 0.05) is 22.7 Å². The van der Waals surface area contributed by atoms with E-state index in [0.717, 1.165) is 23.4 Å². The first kappa shape index (κ1) is 20.3. The number of amides is 1. The predicted molar refractivity (Wildman–Crippen MR) is 115 cm³/mol. The Bertz CT molecular complexity index is 1250. The fourth-order valence-electron chi connectivity index (χ4n) is 3.26. The highest BCUT2D eigenvalue weighted by atomic mass is 19.1. The number of nitrogens with zero attached hydrogens (tertiary/aromatic N) is 1. The number of rotatable bonds is 5. The highest BCUT2D eigenvalue weighted by Crippen LogP contribution is 2.32. The average Bonchev–Trinajstić information content (AvgIpc) is 2.78. The molecule has 0 saturated heterocycles. The van der Waals surface area contributed by atoms with Crippen molar-refractivity contribution in [2.75, 3.05) is 19.5 Å². The topological polar surface area (TPSA) is 60.5 Å². The molecule has 1 amide bonds. The molecule has 156 valence electrons. The van der Waals surface area contributed by atoms with Gasteiger partial charge in [0.1, 0.15) is 28.7 Å². The normalized spacial score (nSPS) is 10.7. The lowest BCUT2D eigenvalue weighted by Gasteiger charge is -2.12. The van der Waals surface area contributed by atoms with Gasteiger partial charge in [0.15, 0.2) is 0 Å². The molecule has 0 aliphatic heterocycles. The van der Waals surface area contributed by atoms with Gasteiger partial charge in [0.2, 0.25) is 0 Å². The Hall–Kier alpha value is -4.00. The molecule has 0 unspecified atom stereocenters. The van der Waals surface area contributed by atoms with Crippen molar-refractivity contribution >= 4 is 22.5 Å². The van der Waals surface area contributed by atoms with Crippen molar-refractivity contribution in [3.8, 4) is 22.8 Å². The molecule has 1 aromatic heterocycles. The van der Waals surface area contributed by atoms with Crippen molar-refractivity contribution in [3.05, 3.63) is 83.9 Å². The van der Waals surface area contributed by atoms with Crippen LogP contribution in [0, 0.1) is 11.6 Å². The molecular formula is C24H18F2N2O3. The molecule has 0 saturated carbocycles. The lowest BCUT2D eigenvalue weighted by molar-refractivity contribution is 0.101. The number of pyridine rings is 1. The van der Waals surface area contributed by atoms with Crippen molar-refractivity contribution in [2.24, 2.45) is 0 Å². The second-order valence-corrected chi connectivity index (χ2v) is 6.72. The quantitative estimate of drug-likeness (QED) is 0.466. The molecule has 0 atom stereocenters. The Balaban J connectivity index is 1.69. The number of carbonyl (C=O) groups is 1. The predicted octanol–water partition coefficient (Wildman–Crippen LogP) is 5.45. The first-order valence-corrected chi connectivity index (χ1v) is 9.38. The van der Waals surface area contributed by atoms with E-state index in [0.29, 0.717) is 28.0 Å². The number of nitrogens with one attached hydrogen (secondary N) is 1. The van der Waals surface area contributed by atoms with Crippen molar-refractivity contribution < 1.29 is 23.0 Å². The van der Waals surface area contributed by atoms with Crippen LogP contribution in [0.25, 0.3) is 22.2 Å². The molecule has 0 aliphatic carbocycles. The number of halogens is 2. The van der Waals surface area contributed by atoms with Crippen LogP contribution in [-0.2, 0) is 0 Å². The largest absolute Gasteiger partial charge is 0.497 e. The number of anilines is 1. The van der Waals surface area contributed by atoms with E-state index in [1.807, 2.05) is 24.3 Å². The van der Waals surface area contributed by atoms with E-state index >= 15 is 0 Å². The van der Waals surface area contributed by atoms with Crippen LogP contribution in [0.3, 0.4) is 0 Å². The minimum absolute atomic E-state index is 0.359. The monoisotopic (exact) mass is 420 g/mol. The third kappa shape index (κ3) is 4.02. The van der Waals surface area contributed by atoms with Gasteiger partial charge in [0.05, 0.1) is 25.4 Å². The highest BCUT2D eigenvalue weighted by Gasteiger charge is 2.18. The zero-order chi connectivity index (χ0) is 22.0. The first-order valence-electron chi connectivity index (χ1n) is 9.38. The molecule has 1 heterocycles. The molecule has 3 aromatic carbocycles. The molecule has 4 aromatic rings. The molecule has 31 heavy (non-hydrogen) atoms. The third-order valence-electron chi connectivity index (χ3n) is 4.82. The summed E-state index contributed by atoms with van der Waals surface area (Å²) in [7, 11) is 3.13. The third-order valence-corrected chi connectivity index (χ3v) is 4.82. The van der Waals surface area contributed by atoms with Crippen LogP contribution in [0.1, 0.15) is 10.4 Å². The average molecular weight is 420 g/mol. The van der Waals surface area contributed by atoms with Crippen LogP contribution in [0.2, 0.25) is 0 Å². The van der Waals surface area contributed by atoms with E-state index in [1.54, 1.807) is 31.4 Å². The molecule has 0 fully saturated rings. The van der Waals surface area contributed by atoms with Gasteiger partial charge in [-0.05, 0) is 54.6 Å². The molecule has 5 nitrogen and oxygen atoms in total. The molecule has 0 bridgehead atoms. The Morgan fingerprint density at radius 1 is 0.903 bits per heavy atom. The van der Waals surface area contributed by atoms with Gasteiger partial charge in [-0.3, -0.25) is 4.79 Å². The van der Waals surface area contributed by atoms with Crippen molar-refractivity contribution in [2.45, 2.75) is 0 Å². The Labute approximate surface area is 177 Å². The van der Waals surface area contributed by atoms with Crippen LogP contribution >= 0.6 is 0 Å². The SMILES string of the molecule is COc1ccc(-c2cc(OC)c3cc(NC(=O)c4c(F)cccc4F)ccc3n2)cc1. The summed E-state index contributed by atoms with van der Waals surface area (Å²) in [6, 6.07) is 17.5. The van der Waals surface area contributed by atoms with Gasteiger partial charge in [-0.1, -0.05) is 6.07 Å². The molecule has 4 rings (SSSR count). The fraction of sp³-hybridized carbons (Fsp3) is 0.0833. The van der Waals surface area contributed by atoms with E-state index in [1.165, 1.54) is 13.2 Å². The highest BCUT2D eigenvalue weighted by molar-refractivity contribution is 6.05. The number of ether oxygens (including phenoxy) is 2. The number of carbonyl (C=O) groups excluding carboxylic acids is 1. The van der Waals surface area contributed by atoms with Gasteiger partial charge in [-0.25, -0.2) is 13.8 Å². The Morgan fingerprint density at radius 2 is 1.61 bits per heavy atom.